The van der Waals surface area contributed by atoms with Crippen LogP contribution >= 0.6 is 11.6 Å². The second kappa shape index (κ2) is 6.30. The van der Waals surface area contributed by atoms with Gasteiger partial charge in [0.05, 0.1) is 28.2 Å². The summed E-state index contributed by atoms with van der Waals surface area (Å²) in [4.78, 5) is 25.5. The number of phenolic OH excluding ortho intramolecular Hbond substituents is 3. The quantitative estimate of drug-likeness (QED) is 0.411. The molecule has 0 radical (unpaired) electrons. The first-order chi connectivity index (χ1) is 12.2. The number of aliphatic hydroxyl groups is 1. The predicted molar refractivity (Wildman–Crippen MR) is 94.4 cm³/mol. The van der Waals surface area contributed by atoms with Crippen LogP contribution in [-0.2, 0) is 6.42 Å². The highest BCUT2D eigenvalue weighted by atomic mass is 35.5. The lowest BCUT2D eigenvalue weighted by Gasteiger charge is -2.23. The summed E-state index contributed by atoms with van der Waals surface area (Å²) >= 11 is 5.67. The minimum Gasteiger partial charge on any atom is -0.507 e. The normalized spacial score (nSPS) is 15.3. The first kappa shape index (κ1) is 18.2. The number of benzene rings is 2. The Morgan fingerprint density at radius 2 is 1.69 bits per heavy atom. The highest BCUT2D eigenvalue weighted by Crippen LogP contribution is 2.42. The zero-order valence-corrected chi connectivity index (χ0v) is 14.7. The Morgan fingerprint density at radius 1 is 1.00 bits per heavy atom. The van der Waals surface area contributed by atoms with Crippen LogP contribution < -0.4 is 0 Å². The van der Waals surface area contributed by atoms with Crippen molar-refractivity contribution in [1.82, 2.24) is 0 Å². The third-order valence-corrected chi connectivity index (χ3v) is 5.12. The van der Waals surface area contributed by atoms with Crippen LogP contribution in [0.4, 0.5) is 0 Å². The molecule has 7 heteroatoms. The van der Waals surface area contributed by atoms with Crippen molar-refractivity contribution in [1.29, 1.82) is 0 Å². The third kappa shape index (κ3) is 2.81. The van der Waals surface area contributed by atoms with Crippen LogP contribution in [0.5, 0.6) is 17.2 Å². The van der Waals surface area contributed by atoms with Crippen molar-refractivity contribution in [3.8, 4) is 17.2 Å². The van der Waals surface area contributed by atoms with E-state index in [9.17, 15) is 30.0 Å². The molecule has 0 amide bonds. The maximum atomic E-state index is 12.8. The Bertz CT molecular complexity index is 932. The molecular formula is C19H17ClO6. The van der Waals surface area contributed by atoms with E-state index < -0.39 is 28.7 Å². The number of fused-ring (bicyclic) bond motifs is 2. The second-order valence-corrected chi connectivity index (χ2v) is 6.91. The van der Waals surface area contributed by atoms with Crippen molar-refractivity contribution in [2.45, 2.75) is 25.4 Å². The lowest BCUT2D eigenvalue weighted by molar-refractivity contribution is 0.0748. The summed E-state index contributed by atoms with van der Waals surface area (Å²) in [5.41, 5.74) is -1.86. The molecule has 0 saturated heterocycles. The number of rotatable bonds is 4. The molecule has 3 rings (SSSR count). The topological polar surface area (TPSA) is 115 Å². The van der Waals surface area contributed by atoms with E-state index in [1.54, 1.807) is 0 Å². The van der Waals surface area contributed by atoms with E-state index in [0.717, 1.165) is 0 Å². The Morgan fingerprint density at radius 3 is 2.35 bits per heavy atom. The van der Waals surface area contributed by atoms with E-state index in [-0.39, 0.29) is 52.3 Å². The van der Waals surface area contributed by atoms with E-state index in [1.165, 1.54) is 31.2 Å². The van der Waals surface area contributed by atoms with E-state index in [4.69, 9.17) is 11.6 Å². The molecule has 0 bridgehead atoms. The molecule has 4 N–H and O–H groups in total. The molecule has 0 saturated carbocycles. The van der Waals surface area contributed by atoms with Gasteiger partial charge in [-0.1, -0.05) is 12.1 Å². The van der Waals surface area contributed by atoms with Gasteiger partial charge in [-0.25, -0.2) is 0 Å². The summed E-state index contributed by atoms with van der Waals surface area (Å²) in [5, 5.41) is 40.8. The standard InChI is InChI=1S/C19H17ClO6/c1-19(26,8-20)6-5-9-7-12(22)14-15(16(9)23)18(25)13-10(17(14)24)3-2-4-11(13)21/h2-4,7,21-23,26H,5-6,8H2,1H3. The lowest BCUT2D eigenvalue weighted by Crippen LogP contribution is -2.27. The second-order valence-electron chi connectivity index (χ2n) is 6.64. The van der Waals surface area contributed by atoms with Crippen LogP contribution in [-0.4, -0.2) is 43.5 Å². The van der Waals surface area contributed by atoms with Gasteiger partial charge >= 0.3 is 0 Å². The molecule has 2 aromatic rings. The number of aromatic hydroxyl groups is 3. The molecule has 0 aliphatic heterocycles. The summed E-state index contributed by atoms with van der Waals surface area (Å²) in [6, 6.07) is 5.27. The molecular weight excluding hydrogens is 360 g/mol. The number of halogens is 1. The number of hydrogen-bond donors (Lipinski definition) is 4. The zero-order valence-electron chi connectivity index (χ0n) is 13.9. The van der Waals surface area contributed by atoms with Gasteiger partial charge in [-0.15, -0.1) is 11.6 Å². The van der Waals surface area contributed by atoms with Gasteiger partial charge in [-0.2, -0.15) is 0 Å². The molecule has 0 fully saturated rings. The molecule has 136 valence electrons. The summed E-state index contributed by atoms with van der Waals surface area (Å²) in [6.07, 6.45) is 0.299. The van der Waals surface area contributed by atoms with Crippen molar-refractivity contribution in [2.75, 3.05) is 5.88 Å². The summed E-state index contributed by atoms with van der Waals surface area (Å²) in [7, 11) is 0. The SMILES string of the molecule is CC(O)(CCl)CCc1cc(O)c2c(c1O)C(=O)c1c(O)cccc1C2=O. The molecule has 1 aliphatic rings. The predicted octanol–water partition coefficient (Wildman–Crippen LogP) is 2.50. The van der Waals surface area contributed by atoms with Crippen LogP contribution in [0.3, 0.4) is 0 Å². The van der Waals surface area contributed by atoms with Crippen LogP contribution in [0, 0.1) is 0 Å². The van der Waals surface area contributed by atoms with Gasteiger partial charge in [0, 0.05) is 5.56 Å². The molecule has 0 spiro atoms. The first-order valence-electron chi connectivity index (χ1n) is 7.95. The van der Waals surface area contributed by atoms with Gasteiger partial charge in [0.2, 0.25) is 5.78 Å². The van der Waals surface area contributed by atoms with Gasteiger partial charge in [-0.3, -0.25) is 9.59 Å². The molecule has 0 heterocycles. The minimum atomic E-state index is -1.19. The van der Waals surface area contributed by atoms with Crippen molar-refractivity contribution >= 4 is 23.2 Å². The maximum Gasteiger partial charge on any atom is 0.202 e. The van der Waals surface area contributed by atoms with Crippen LogP contribution in [0.2, 0.25) is 0 Å². The largest absolute Gasteiger partial charge is 0.507 e. The molecule has 1 aliphatic carbocycles. The molecule has 26 heavy (non-hydrogen) atoms. The molecule has 6 nitrogen and oxygen atoms in total. The van der Waals surface area contributed by atoms with Crippen molar-refractivity contribution < 1.29 is 30.0 Å². The number of carbonyl (C=O) groups is 2. The van der Waals surface area contributed by atoms with Crippen LogP contribution in [0.1, 0.15) is 50.8 Å². The van der Waals surface area contributed by atoms with Gasteiger partial charge in [0.25, 0.3) is 0 Å². The minimum absolute atomic E-state index is 0.0245. The highest BCUT2D eigenvalue weighted by molar-refractivity contribution is 6.31. The fraction of sp³-hybridized carbons (Fsp3) is 0.263. The Kier molecular flexibility index (Phi) is 4.42. The fourth-order valence-corrected chi connectivity index (χ4v) is 3.19. The average Bonchev–Trinajstić information content (AvgIpc) is 2.59. The maximum absolute atomic E-state index is 12.8. The molecule has 1 unspecified atom stereocenters. The first-order valence-corrected chi connectivity index (χ1v) is 8.49. The zero-order chi connectivity index (χ0) is 19.2. The third-order valence-electron chi connectivity index (χ3n) is 4.55. The Balaban J connectivity index is 2.14. The number of hydrogen-bond acceptors (Lipinski definition) is 6. The van der Waals surface area contributed by atoms with E-state index >= 15 is 0 Å². The highest BCUT2D eigenvalue weighted by Gasteiger charge is 2.37. The molecule has 0 aromatic heterocycles. The Labute approximate surface area is 154 Å². The van der Waals surface area contributed by atoms with E-state index in [1.807, 2.05) is 0 Å². The van der Waals surface area contributed by atoms with Gasteiger partial charge in [0.1, 0.15) is 17.2 Å². The van der Waals surface area contributed by atoms with Crippen molar-refractivity contribution in [3.63, 3.8) is 0 Å². The number of alkyl halides is 1. The number of ketones is 2. The fourth-order valence-electron chi connectivity index (χ4n) is 3.05. The summed E-state index contributed by atoms with van der Waals surface area (Å²) in [6.45, 7) is 1.53. The van der Waals surface area contributed by atoms with E-state index in [2.05, 4.69) is 0 Å². The number of phenols is 3. The van der Waals surface area contributed by atoms with E-state index in [0.29, 0.717) is 0 Å². The Hall–Kier alpha value is -2.57. The summed E-state index contributed by atoms with van der Waals surface area (Å²) in [5.74, 6) is -2.69. The van der Waals surface area contributed by atoms with Crippen LogP contribution in [0.15, 0.2) is 24.3 Å². The lowest BCUT2D eigenvalue weighted by atomic mass is 9.81. The average molecular weight is 377 g/mol. The molecule has 1 atom stereocenters. The number of aryl methyl sites for hydroxylation is 1. The van der Waals surface area contributed by atoms with Crippen LogP contribution in [0.25, 0.3) is 0 Å². The van der Waals surface area contributed by atoms with Gasteiger partial charge in [-0.05, 0) is 37.5 Å². The van der Waals surface area contributed by atoms with Gasteiger partial charge < -0.3 is 20.4 Å². The monoisotopic (exact) mass is 376 g/mol. The number of carbonyl (C=O) groups excluding carboxylic acids is 2. The summed E-state index contributed by atoms with van der Waals surface area (Å²) < 4.78 is 0. The van der Waals surface area contributed by atoms with Crippen molar-refractivity contribution in [3.05, 3.63) is 52.1 Å². The molecule has 2 aromatic carbocycles. The van der Waals surface area contributed by atoms with Crippen molar-refractivity contribution in [2.24, 2.45) is 0 Å². The smallest absolute Gasteiger partial charge is 0.202 e. The van der Waals surface area contributed by atoms with Gasteiger partial charge in [0.15, 0.2) is 5.78 Å².